The average Bonchev–Trinajstić information content (AvgIpc) is 2.56. The number of halogens is 1. The van der Waals surface area contributed by atoms with Gasteiger partial charge in [-0.3, -0.25) is 4.79 Å². The number of piperazine rings is 1. The van der Waals surface area contributed by atoms with Crippen molar-refractivity contribution in [2.45, 2.75) is 0 Å². The van der Waals surface area contributed by atoms with Crippen molar-refractivity contribution in [2.75, 3.05) is 36.0 Å². The molecular formula is C17H17FN2O. The van der Waals surface area contributed by atoms with Gasteiger partial charge in [0.05, 0.1) is 5.69 Å². The minimum atomic E-state index is -0.172. The summed E-state index contributed by atoms with van der Waals surface area (Å²) in [5, 5.41) is 0. The first-order valence-electron chi connectivity index (χ1n) is 7.07. The molecule has 1 saturated heterocycles. The molecule has 0 saturated carbocycles. The van der Waals surface area contributed by atoms with Crippen LogP contribution in [0.2, 0.25) is 0 Å². The number of carbonyl (C=O) groups excluding carboxylic acids is 1. The Morgan fingerprint density at radius 1 is 0.905 bits per heavy atom. The zero-order valence-corrected chi connectivity index (χ0v) is 11.7. The van der Waals surface area contributed by atoms with Crippen LogP contribution in [0, 0.1) is 5.82 Å². The Balaban J connectivity index is 1.70. The van der Waals surface area contributed by atoms with Gasteiger partial charge in [0.25, 0.3) is 0 Å². The second-order valence-corrected chi connectivity index (χ2v) is 5.14. The van der Waals surface area contributed by atoms with Gasteiger partial charge in [-0.15, -0.1) is 0 Å². The number of carbonyl (C=O) groups is 1. The van der Waals surface area contributed by atoms with E-state index in [1.165, 1.54) is 6.07 Å². The second kappa shape index (κ2) is 5.95. The fourth-order valence-electron chi connectivity index (χ4n) is 2.71. The molecule has 1 heterocycles. The summed E-state index contributed by atoms with van der Waals surface area (Å²) in [6, 6.07) is 14.5. The van der Waals surface area contributed by atoms with E-state index >= 15 is 0 Å². The van der Waals surface area contributed by atoms with E-state index in [1.807, 2.05) is 30.3 Å². The topological polar surface area (TPSA) is 23.6 Å². The Morgan fingerprint density at radius 3 is 2.33 bits per heavy atom. The highest BCUT2D eigenvalue weighted by Gasteiger charge is 2.19. The van der Waals surface area contributed by atoms with Gasteiger partial charge in [0.1, 0.15) is 12.1 Å². The van der Waals surface area contributed by atoms with Crippen LogP contribution in [-0.2, 0) is 0 Å². The van der Waals surface area contributed by atoms with Gasteiger partial charge in [-0.2, -0.15) is 0 Å². The lowest BCUT2D eigenvalue weighted by Gasteiger charge is -2.37. The van der Waals surface area contributed by atoms with Crippen molar-refractivity contribution in [2.24, 2.45) is 0 Å². The summed E-state index contributed by atoms with van der Waals surface area (Å²) in [4.78, 5) is 15.1. The van der Waals surface area contributed by atoms with E-state index in [1.54, 1.807) is 12.1 Å². The van der Waals surface area contributed by atoms with Crippen LogP contribution < -0.4 is 9.80 Å². The molecule has 108 valence electrons. The summed E-state index contributed by atoms with van der Waals surface area (Å²) in [5.74, 6) is -0.172. The second-order valence-electron chi connectivity index (χ2n) is 5.14. The predicted octanol–water partition coefficient (Wildman–Crippen LogP) is 2.96. The third-order valence-corrected chi connectivity index (χ3v) is 3.84. The van der Waals surface area contributed by atoms with E-state index in [0.717, 1.165) is 38.2 Å². The van der Waals surface area contributed by atoms with Crippen LogP contribution in [0.25, 0.3) is 0 Å². The van der Waals surface area contributed by atoms with Gasteiger partial charge in [0.2, 0.25) is 0 Å². The van der Waals surface area contributed by atoms with Crippen molar-refractivity contribution in [3.8, 4) is 0 Å². The summed E-state index contributed by atoms with van der Waals surface area (Å²) in [6.45, 7) is 3.17. The number of aldehydes is 1. The number of rotatable bonds is 3. The first-order valence-corrected chi connectivity index (χ1v) is 7.07. The van der Waals surface area contributed by atoms with Crippen molar-refractivity contribution >= 4 is 17.7 Å². The molecule has 2 aromatic rings. The molecule has 1 aliphatic rings. The van der Waals surface area contributed by atoms with E-state index in [2.05, 4.69) is 9.80 Å². The normalized spacial score (nSPS) is 15.1. The molecule has 4 heteroatoms. The van der Waals surface area contributed by atoms with Crippen molar-refractivity contribution in [3.05, 3.63) is 59.9 Å². The highest BCUT2D eigenvalue weighted by atomic mass is 19.1. The molecule has 0 unspecified atom stereocenters. The molecule has 1 aliphatic heterocycles. The number of nitrogens with zero attached hydrogens (tertiary/aromatic N) is 2. The van der Waals surface area contributed by atoms with E-state index in [0.29, 0.717) is 11.3 Å². The van der Waals surface area contributed by atoms with Gasteiger partial charge in [0, 0.05) is 37.4 Å². The van der Waals surface area contributed by atoms with Gasteiger partial charge in [0.15, 0.2) is 0 Å². The zero-order chi connectivity index (χ0) is 14.7. The molecular weight excluding hydrogens is 267 g/mol. The summed E-state index contributed by atoms with van der Waals surface area (Å²) < 4.78 is 13.8. The Morgan fingerprint density at radius 2 is 1.62 bits per heavy atom. The lowest BCUT2D eigenvalue weighted by atomic mass is 10.1. The third kappa shape index (κ3) is 2.89. The zero-order valence-electron chi connectivity index (χ0n) is 11.7. The van der Waals surface area contributed by atoms with Crippen LogP contribution in [0.5, 0.6) is 0 Å². The average molecular weight is 284 g/mol. The number of hydrogen-bond acceptors (Lipinski definition) is 3. The first-order chi connectivity index (χ1) is 10.3. The fourth-order valence-corrected chi connectivity index (χ4v) is 2.71. The summed E-state index contributed by atoms with van der Waals surface area (Å²) in [7, 11) is 0. The van der Waals surface area contributed by atoms with Gasteiger partial charge in [-0.05, 0) is 24.3 Å². The Kier molecular flexibility index (Phi) is 3.86. The molecule has 0 N–H and O–H groups in total. The van der Waals surface area contributed by atoms with E-state index in [9.17, 15) is 9.18 Å². The monoisotopic (exact) mass is 284 g/mol. The highest BCUT2D eigenvalue weighted by Crippen LogP contribution is 2.23. The van der Waals surface area contributed by atoms with Crippen molar-refractivity contribution < 1.29 is 9.18 Å². The molecule has 3 rings (SSSR count). The molecule has 0 bridgehead atoms. The van der Waals surface area contributed by atoms with E-state index in [-0.39, 0.29) is 5.82 Å². The molecule has 0 radical (unpaired) electrons. The minimum absolute atomic E-state index is 0.172. The van der Waals surface area contributed by atoms with Crippen LogP contribution in [-0.4, -0.2) is 32.5 Å². The number of anilines is 2. The van der Waals surface area contributed by atoms with Crippen LogP contribution in [0.15, 0.2) is 48.5 Å². The predicted molar refractivity (Wildman–Crippen MR) is 82.7 cm³/mol. The SMILES string of the molecule is O=Cc1cccc(N2CCN(c3ccccc3F)CC2)c1. The van der Waals surface area contributed by atoms with Crippen LogP contribution in [0.4, 0.5) is 15.8 Å². The highest BCUT2D eigenvalue weighted by molar-refractivity contribution is 5.77. The van der Waals surface area contributed by atoms with Gasteiger partial charge >= 0.3 is 0 Å². The summed E-state index contributed by atoms with van der Waals surface area (Å²) in [6.07, 6.45) is 0.860. The molecule has 0 spiro atoms. The first kappa shape index (κ1) is 13.6. The lowest BCUT2D eigenvalue weighted by molar-refractivity contribution is 0.112. The van der Waals surface area contributed by atoms with Crippen LogP contribution in [0.3, 0.4) is 0 Å². The maximum absolute atomic E-state index is 13.8. The molecule has 2 aromatic carbocycles. The smallest absolute Gasteiger partial charge is 0.150 e. The Bertz CT molecular complexity index is 636. The molecule has 3 nitrogen and oxygen atoms in total. The van der Waals surface area contributed by atoms with Gasteiger partial charge in [-0.25, -0.2) is 4.39 Å². The molecule has 0 atom stereocenters. The number of hydrogen-bond donors (Lipinski definition) is 0. The largest absolute Gasteiger partial charge is 0.368 e. The molecule has 0 aliphatic carbocycles. The molecule has 0 aromatic heterocycles. The Hall–Kier alpha value is -2.36. The van der Waals surface area contributed by atoms with Crippen LogP contribution >= 0.6 is 0 Å². The van der Waals surface area contributed by atoms with Crippen molar-refractivity contribution in [1.29, 1.82) is 0 Å². The van der Waals surface area contributed by atoms with Crippen molar-refractivity contribution in [1.82, 2.24) is 0 Å². The summed E-state index contributed by atoms with van der Waals surface area (Å²) >= 11 is 0. The standard InChI is InChI=1S/C17H17FN2O/c18-16-6-1-2-7-17(16)20-10-8-19(9-11-20)15-5-3-4-14(12-15)13-21/h1-7,12-13H,8-11H2. The maximum atomic E-state index is 13.8. The maximum Gasteiger partial charge on any atom is 0.150 e. The third-order valence-electron chi connectivity index (χ3n) is 3.84. The van der Waals surface area contributed by atoms with Crippen molar-refractivity contribution in [3.63, 3.8) is 0 Å². The fraction of sp³-hybridized carbons (Fsp3) is 0.235. The lowest BCUT2D eigenvalue weighted by Crippen LogP contribution is -2.46. The minimum Gasteiger partial charge on any atom is -0.368 e. The van der Waals surface area contributed by atoms with E-state index in [4.69, 9.17) is 0 Å². The quantitative estimate of drug-likeness (QED) is 0.810. The Labute approximate surface area is 123 Å². The molecule has 0 amide bonds. The number of para-hydroxylation sites is 1. The molecule has 21 heavy (non-hydrogen) atoms. The summed E-state index contributed by atoms with van der Waals surface area (Å²) in [5.41, 5.74) is 2.40. The van der Waals surface area contributed by atoms with Gasteiger partial charge in [-0.1, -0.05) is 24.3 Å². The molecule has 1 fully saturated rings. The van der Waals surface area contributed by atoms with E-state index < -0.39 is 0 Å². The number of benzene rings is 2. The van der Waals surface area contributed by atoms with Gasteiger partial charge < -0.3 is 9.80 Å². The van der Waals surface area contributed by atoms with Crippen LogP contribution in [0.1, 0.15) is 10.4 Å².